The van der Waals surface area contributed by atoms with E-state index < -0.39 is 29.7 Å². The topological polar surface area (TPSA) is 101 Å². The van der Waals surface area contributed by atoms with Crippen LogP contribution < -0.4 is 16.4 Å². The number of halogens is 1. The molecule has 0 bridgehead atoms. The van der Waals surface area contributed by atoms with Crippen LogP contribution in [-0.4, -0.2) is 29.8 Å². The number of benzene rings is 1. The molecule has 112 valence electrons. The number of nitrogens with one attached hydrogen (secondary N) is 2. The third-order valence-electron chi connectivity index (χ3n) is 3.30. The van der Waals surface area contributed by atoms with Gasteiger partial charge in [-0.25, -0.2) is 4.39 Å². The van der Waals surface area contributed by atoms with Gasteiger partial charge in [0.05, 0.1) is 0 Å². The summed E-state index contributed by atoms with van der Waals surface area (Å²) in [7, 11) is 0. The van der Waals surface area contributed by atoms with Gasteiger partial charge in [0.1, 0.15) is 17.9 Å². The molecule has 0 aliphatic carbocycles. The van der Waals surface area contributed by atoms with Gasteiger partial charge in [-0.3, -0.25) is 14.4 Å². The lowest BCUT2D eigenvalue weighted by molar-refractivity contribution is -0.129. The summed E-state index contributed by atoms with van der Waals surface area (Å²) in [5, 5.41) is 5.00. The van der Waals surface area contributed by atoms with E-state index in [-0.39, 0.29) is 18.7 Å². The van der Waals surface area contributed by atoms with E-state index in [1.807, 2.05) is 0 Å². The molecule has 0 radical (unpaired) electrons. The molecule has 1 fully saturated rings. The van der Waals surface area contributed by atoms with Crippen molar-refractivity contribution in [1.82, 2.24) is 10.6 Å². The van der Waals surface area contributed by atoms with E-state index >= 15 is 0 Å². The van der Waals surface area contributed by atoms with Gasteiger partial charge in [0, 0.05) is 12.8 Å². The molecule has 1 saturated heterocycles. The van der Waals surface area contributed by atoms with E-state index in [1.165, 1.54) is 18.2 Å². The van der Waals surface area contributed by atoms with Crippen molar-refractivity contribution < 1.29 is 18.8 Å². The van der Waals surface area contributed by atoms with Gasteiger partial charge >= 0.3 is 0 Å². The summed E-state index contributed by atoms with van der Waals surface area (Å²) in [5.74, 6) is -1.79. The van der Waals surface area contributed by atoms with Crippen molar-refractivity contribution in [3.63, 3.8) is 0 Å². The van der Waals surface area contributed by atoms with Gasteiger partial charge in [0.25, 0.3) is 0 Å². The fraction of sp³-hybridized carbons (Fsp3) is 0.357. The largest absolute Gasteiger partial charge is 0.368 e. The predicted molar refractivity (Wildman–Crippen MR) is 72.4 cm³/mol. The first kappa shape index (κ1) is 15.0. The van der Waals surface area contributed by atoms with Gasteiger partial charge in [-0.05, 0) is 24.1 Å². The highest BCUT2D eigenvalue weighted by Crippen LogP contribution is 2.09. The zero-order valence-electron chi connectivity index (χ0n) is 11.3. The van der Waals surface area contributed by atoms with Gasteiger partial charge in [-0.1, -0.05) is 12.1 Å². The molecule has 0 saturated carbocycles. The molecule has 6 nitrogen and oxygen atoms in total. The predicted octanol–water partition coefficient (Wildman–Crippen LogP) is -0.383. The second kappa shape index (κ2) is 6.34. The highest BCUT2D eigenvalue weighted by atomic mass is 19.1. The van der Waals surface area contributed by atoms with Gasteiger partial charge < -0.3 is 16.4 Å². The molecule has 1 heterocycles. The fourth-order valence-electron chi connectivity index (χ4n) is 2.21. The molecular formula is C14H16FN3O3. The Hall–Kier alpha value is -2.44. The molecule has 4 N–H and O–H groups in total. The van der Waals surface area contributed by atoms with E-state index in [0.717, 1.165) is 0 Å². The van der Waals surface area contributed by atoms with Crippen molar-refractivity contribution in [3.8, 4) is 0 Å². The summed E-state index contributed by atoms with van der Waals surface area (Å²) in [5.41, 5.74) is 5.81. The lowest BCUT2D eigenvalue weighted by Gasteiger charge is -2.18. The summed E-state index contributed by atoms with van der Waals surface area (Å²) < 4.78 is 13.1. The zero-order chi connectivity index (χ0) is 15.4. The van der Waals surface area contributed by atoms with E-state index in [1.54, 1.807) is 6.07 Å². The van der Waals surface area contributed by atoms with Crippen LogP contribution in [0.15, 0.2) is 24.3 Å². The third kappa shape index (κ3) is 4.01. The Bertz CT molecular complexity index is 576. The van der Waals surface area contributed by atoms with Gasteiger partial charge in [0.2, 0.25) is 17.7 Å². The van der Waals surface area contributed by atoms with Crippen molar-refractivity contribution in [2.75, 3.05) is 0 Å². The molecular weight excluding hydrogens is 277 g/mol. The average molecular weight is 293 g/mol. The van der Waals surface area contributed by atoms with Gasteiger partial charge in [-0.2, -0.15) is 0 Å². The Morgan fingerprint density at radius 3 is 2.81 bits per heavy atom. The Morgan fingerprint density at radius 1 is 1.48 bits per heavy atom. The van der Waals surface area contributed by atoms with Crippen molar-refractivity contribution in [2.45, 2.75) is 31.3 Å². The molecule has 1 aliphatic rings. The molecule has 3 amide bonds. The monoisotopic (exact) mass is 293 g/mol. The maximum atomic E-state index is 13.1. The number of amides is 3. The van der Waals surface area contributed by atoms with E-state index in [4.69, 9.17) is 5.73 Å². The average Bonchev–Trinajstić information content (AvgIpc) is 2.84. The standard InChI is InChI=1S/C14H16FN3O3/c15-9-3-1-2-8(6-9)7-11(13(16)20)18-14(21)10-4-5-12(19)17-10/h1-3,6,10-11H,4-5,7H2,(H2,16,20)(H,17,19)(H,18,21)/t10-,11-/m1/s1. The summed E-state index contributed by atoms with van der Waals surface area (Å²) >= 11 is 0. The first-order valence-electron chi connectivity index (χ1n) is 6.59. The zero-order valence-corrected chi connectivity index (χ0v) is 11.3. The quantitative estimate of drug-likeness (QED) is 0.689. The van der Waals surface area contributed by atoms with Crippen LogP contribution in [0.4, 0.5) is 4.39 Å². The highest BCUT2D eigenvalue weighted by Gasteiger charge is 2.29. The van der Waals surface area contributed by atoms with Crippen molar-refractivity contribution in [1.29, 1.82) is 0 Å². The Balaban J connectivity index is 2.00. The summed E-state index contributed by atoms with van der Waals surface area (Å²) in [4.78, 5) is 34.5. The Labute approximate surface area is 120 Å². The SMILES string of the molecule is NC(=O)[C@@H](Cc1cccc(F)c1)NC(=O)[C@H]1CCC(=O)N1. The van der Waals surface area contributed by atoms with Gasteiger partial charge in [0.15, 0.2) is 0 Å². The third-order valence-corrected chi connectivity index (χ3v) is 3.30. The summed E-state index contributed by atoms with van der Waals surface area (Å²) in [6.07, 6.45) is 0.763. The minimum Gasteiger partial charge on any atom is -0.368 e. The molecule has 0 aromatic heterocycles. The fourth-order valence-corrected chi connectivity index (χ4v) is 2.21. The Kier molecular flexibility index (Phi) is 4.52. The van der Waals surface area contributed by atoms with Crippen molar-refractivity contribution in [2.24, 2.45) is 5.73 Å². The highest BCUT2D eigenvalue weighted by molar-refractivity contribution is 5.93. The van der Waals surface area contributed by atoms with E-state index in [2.05, 4.69) is 10.6 Å². The molecule has 2 rings (SSSR count). The molecule has 0 unspecified atom stereocenters. The molecule has 2 atom stereocenters. The van der Waals surface area contributed by atoms with Crippen LogP contribution in [0.2, 0.25) is 0 Å². The van der Waals surface area contributed by atoms with Gasteiger partial charge in [-0.15, -0.1) is 0 Å². The van der Waals surface area contributed by atoms with E-state index in [9.17, 15) is 18.8 Å². The first-order valence-corrected chi connectivity index (χ1v) is 6.59. The van der Waals surface area contributed by atoms with Crippen LogP contribution in [0, 0.1) is 5.82 Å². The number of nitrogens with two attached hydrogens (primary N) is 1. The maximum Gasteiger partial charge on any atom is 0.243 e. The molecule has 1 aliphatic heterocycles. The number of carbonyl (C=O) groups is 3. The van der Waals surface area contributed by atoms with Crippen molar-refractivity contribution in [3.05, 3.63) is 35.6 Å². The molecule has 21 heavy (non-hydrogen) atoms. The number of hydrogen-bond acceptors (Lipinski definition) is 3. The summed E-state index contributed by atoms with van der Waals surface area (Å²) in [6, 6.07) is 4.13. The molecule has 1 aromatic carbocycles. The second-order valence-electron chi connectivity index (χ2n) is 4.96. The van der Waals surface area contributed by atoms with E-state index in [0.29, 0.717) is 12.0 Å². The van der Waals surface area contributed by atoms with Crippen LogP contribution in [0.3, 0.4) is 0 Å². The van der Waals surface area contributed by atoms with Crippen LogP contribution in [0.5, 0.6) is 0 Å². The number of carbonyl (C=O) groups excluding carboxylic acids is 3. The van der Waals surface area contributed by atoms with Crippen molar-refractivity contribution >= 4 is 17.7 Å². The maximum absolute atomic E-state index is 13.1. The number of rotatable bonds is 5. The molecule has 1 aromatic rings. The van der Waals surface area contributed by atoms with Crippen LogP contribution in [-0.2, 0) is 20.8 Å². The minimum atomic E-state index is -0.947. The van der Waals surface area contributed by atoms with Crippen LogP contribution >= 0.6 is 0 Å². The second-order valence-corrected chi connectivity index (χ2v) is 4.96. The Morgan fingerprint density at radius 2 is 2.24 bits per heavy atom. The first-order chi connectivity index (χ1) is 9.95. The summed E-state index contributed by atoms with van der Waals surface area (Å²) in [6.45, 7) is 0. The minimum absolute atomic E-state index is 0.0967. The molecule has 7 heteroatoms. The van der Waals surface area contributed by atoms with Crippen LogP contribution in [0.25, 0.3) is 0 Å². The number of primary amides is 1. The lowest BCUT2D eigenvalue weighted by Crippen LogP contribution is -2.51. The van der Waals surface area contributed by atoms with Crippen LogP contribution in [0.1, 0.15) is 18.4 Å². The normalized spacial score (nSPS) is 18.9. The lowest BCUT2D eigenvalue weighted by atomic mass is 10.0. The molecule has 0 spiro atoms. The number of hydrogen-bond donors (Lipinski definition) is 3. The smallest absolute Gasteiger partial charge is 0.243 e.